The fraction of sp³-hybridized carbons (Fsp3) is 0.400. The van der Waals surface area contributed by atoms with Gasteiger partial charge in [0.1, 0.15) is 6.04 Å². The van der Waals surface area contributed by atoms with Gasteiger partial charge in [-0.15, -0.1) is 0 Å². The average Bonchev–Trinajstić information content (AvgIpc) is 2.44. The predicted molar refractivity (Wildman–Crippen MR) is 80.7 cm³/mol. The monoisotopic (exact) mass is 291 g/mol. The van der Waals surface area contributed by atoms with Crippen LogP contribution in [-0.4, -0.2) is 30.3 Å². The second-order valence-electron chi connectivity index (χ2n) is 4.70. The standard InChI is InChI=1S/C15H21N3O3/c1-4-12-7-5-6-8-13(12)18-14(20)9-16-15(21)10(2)17-11(3)19/h5-8,10H,4,9H2,1-3H3,(H,16,21)(H,17,19)(H,18,20). The van der Waals surface area contributed by atoms with Gasteiger partial charge in [0.2, 0.25) is 17.7 Å². The fourth-order valence-corrected chi connectivity index (χ4v) is 1.84. The molecule has 0 heterocycles. The summed E-state index contributed by atoms with van der Waals surface area (Å²) in [6, 6.07) is 6.83. The van der Waals surface area contributed by atoms with Crippen LogP contribution in [0.1, 0.15) is 26.3 Å². The summed E-state index contributed by atoms with van der Waals surface area (Å²) >= 11 is 0. The van der Waals surface area contributed by atoms with E-state index in [-0.39, 0.29) is 18.4 Å². The van der Waals surface area contributed by atoms with Crippen LogP contribution in [0.4, 0.5) is 5.69 Å². The number of para-hydroxylation sites is 1. The molecule has 3 N–H and O–H groups in total. The zero-order chi connectivity index (χ0) is 15.8. The Morgan fingerprint density at radius 2 is 1.86 bits per heavy atom. The Kier molecular flexibility index (Phi) is 6.39. The molecule has 0 aliphatic carbocycles. The van der Waals surface area contributed by atoms with Crippen molar-refractivity contribution in [3.8, 4) is 0 Å². The largest absolute Gasteiger partial charge is 0.345 e. The summed E-state index contributed by atoms with van der Waals surface area (Å²) in [5.41, 5.74) is 1.78. The van der Waals surface area contributed by atoms with E-state index >= 15 is 0 Å². The van der Waals surface area contributed by atoms with Crippen molar-refractivity contribution < 1.29 is 14.4 Å². The van der Waals surface area contributed by atoms with Gasteiger partial charge in [0, 0.05) is 12.6 Å². The van der Waals surface area contributed by atoms with Gasteiger partial charge < -0.3 is 16.0 Å². The minimum Gasteiger partial charge on any atom is -0.345 e. The number of aryl methyl sites for hydroxylation is 1. The van der Waals surface area contributed by atoms with Crippen LogP contribution in [0, 0.1) is 0 Å². The molecule has 1 aromatic carbocycles. The predicted octanol–water partition coefficient (Wildman–Crippen LogP) is 0.828. The summed E-state index contributed by atoms with van der Waals surface area (Å²) < 4.78 is 0. The summed E-state index contributed by atoms with van der Waals surface area (Å²) in [5, 5.41) is 7.69. The SMILES string of the molecule is CCc1ccccc1NC(=O)CNC(=O)C(C)NC(C)=O. The topological polar surface area (TPSA) is 87.3 Å². The Balaban J connectivity index is 2.47. The first-order valence-electron chi connectivity index (χ1n) is 6.86. The van der Waals surface area contributed by atoms with Gasteiger partial charge in [-0.3, -0.25) is 14.4 Å². The third kappa shape index (κ3) is 5.64. The number of benzene rings is 1. The lowest BCUT2D eigenvalue weighted by Gasteiger charge is -2.13. The van der Waals surface area contributed by atoms with Crippen molar-refractivity contribution in [1.82, 2.24) is 10.6 Å². The molecule has 0 saturated carbocycles. The molecule has 0 fully saturated rings. The first-order chi connectivity index (χ1) is 9.93. The third-order valence-corrected chi connectivity index (χ3v) is 2.91. The van der Waals surface area contributed by atoms with Crippen LogP contribution in [0.3, 0.4) is 0 Å². The maximum absolute atomic E-state index is 11.8. The number of hydrogen-bond donors (Lipinski definition) is 3. The molecule has 6 heteroatoms. The molecule has 0 aromatic heterocycles. The van der Waals surface area contributed by atoms with Crippen LogP contribution in [0.15, 0.2) is 24.3 Å². The summed E-state index contributed by atoms with van der Waals surface area (Å²) in [4.78, 5) is 34.3. The first kappa shape index (κ1) is 16.7. The van der Waals surface area contributed by atoms with Crippen molar-refractivity contribution in [2.75, 3.05) is 11.9 Å². The maximum atomic E-state index is 11.8. The summed E-state index contributed by atoms with van der Waals surface area (Å²) in [6.45, 7) is 4.75. The van der Waals surface area contributed by atoms with Crippen LogP contribution < -0.4 is 16.0 Å². The summed E-state index contributed by atoms with van der Waals surface area (Å²) in [6.07, 6.45) is 0.808. The highest BCUT2D eigenvalue weighted by atomic mass is 16.2. The van der Waals surface area contributed by atoms with Crippen molar-refractivity contribution in [2.45, 2.75) is 33.2 Å². The van der Waals surface area contributed by atoms with E-state index in [0.717, 1.165) is 17.7 Å². The van der Waals surface area contributed by atoms with E-state index in [1.54, 1.807) is 6.92 Å². The number of anilines is 1. The molecule has 0 bridgehead atoms. The molecule has 21 heavy (non-hydrogen) atoms. The molecule has 1 rings (SSSR count). The average molecular weight is 291 g/mol. The second-order valence-corrected chi connectivity index (χ2v) is 4.70. The molecule has 0 radical (unpaired) electrons. The van der Waals surface area contributed by atoms with Crippen LogP contribution in [0.2, 0.25) is 0 Å². The molecule has 0 aliphatic rings. The quantitative estimate of drug-likeness (QED) is 0.725. The van der Waals surface area contributed by atoms with E-state index in [4.69, 9.17) is 0 Å². The number of carbonyl (C=O) groups is 3. The molecule has 6 nitrogen and oxygen atoms in total. The Labute approximate surface area is 124 Å². The fourth-order valence-electron chi connectivity index (χ4n) is 1.84. The minimum atomic E-state index is -0.668. The molecular formula is C15H21N3O3. The van der Waals surface area contributed by atoms with Gasteiger partial charge in [0.15, 0.2) is 0 Å². The van der Waals surface area contributed by atoms with Crippen molar-refractivity contribution in [1.29, 1.82) is 0 Å². The first-order valence-corrected chi connectivity index (χ1v) is 6.86. The minimum absolute atomic E-state index is 0.138. The molecule has 0 saturated heterocycles. The highest BCUT2D eigenvalue weighted by Crippen LogP contribution is 2.14. The Bertz CT molecular complexity index is 529. The van der Waals surface area contributed by atoms with Gasteiger partial charge in [0.05, 0.1) is 6.54 Å². The van der Waals surface area contributed by atoms with E-state index in [1.165, 1.54) is 6.92 Å². The normalized spacial score (nSPS) is 11.4. The Hall–Kier alpha value is -2.37. The highest BCUT2D eigenvalue weighted by Gasteiger charge is 2.14. The molecule has 0 spiro atoms. The third-order valence-electron chi connectivity index (χ3n) is 2.91. The zero-order valence-electron chi connectivity index (χ0n) is 12.5. The van der Waals surface area contributed by atoms with Gasteiger partial charge in [0.25, 0.3) is 0 Å². The van der Waals surface area contributed by atoms with E-state index in [1.807, 2.05) is 31.2 Å². The number of nitrogens with one attached hydrogen (secondary N) is 3. The lowest BCUT2D eigenvalue weighted by atomic mass is 10.1. The Morgan fingerprint density at radius 1 is 1.19 bits per heavy atom. The molecule has 1 unspecified atom stereocenters. The van der Waals surface area contributed by atoms with Gasteiger partial charge in [-0.05, 0) is 25.0 Å². The van der Waals surface area contributed by atoms with Crippen LogP contribution in [0.5, 0.6) is 0 Å². The zero-order valence-corrected chi connectivity index (χ0v) is 12.5. The second kappa shape index (κ2) is 8.04. The number of rotatable bonds is 6. The van der Waals surface area contributed by atoms with Gasteiger partial charge in [-0.25, -0.2) is 0 Å². The molecule has 3 amide bonds. The van der Waals surface area contributed by atoms with Gasteiger partial charge >= 0.3 is 0 Å². The smallest absolute Gasteiger partial charge is 0.243 e. The Morgan fingerprint density at radius 3 is 2.48 bits per heavy atom. The van der Waals surface area contributed by atoms with E-state index in [9.17, 15) is 14.4 Å². The maximum Gasteiger partial charge on any atom is 0.243 e. The van der Waals surface area contributed by atoms with E-state index in [0.29, 0.717) is 0 Å². The van der Waals surface area contributed by atoms with E-state index in [2.05, 4.69) is 16.0 Å². The number of carbonyl (C=O) groups excluding carboxylic acids is 3. The van der Waals surface area contributed by atoms with Crippen molar-refractivity contribution in [2.24, 2.45) is 0 Å². The lowest BCUT2D eigenvalue weighted by Crippen LogP contribution is -2.46. The van der Waals surface area contributed by atoms with Crippen LogP contribution >= 0.6 is 0 Å². The molecule has 114 valence electrons. The van der Waals surface area contributed by atoms with Crippen LogP contribution in [-0.2, 0) is 20.8 Å². The van der Waals surface area contributed by atoms with Crippen LogP contribution in [0.25, 0.3) is 0 Å². The molecular weight excluding hydrogens is 270 g/mol. The van der Waals surface area contributed by atoms with Crippen molar-refractivity contribution in [3.63, 3.8) is 0 Å². The summed E-state index contributed by atoms with van der Waals surface area (Å²) in [5.74, 6) is -0.998. The molecule has 1 atom stereocenters. The molecule has 1 aromatic rings. The summed E-state index contributed by atoms with van der Waals surface area (Å²) in [7, 11) is 0. The van der Waals surface area contributed by atoms with Gasteiger partial charge in [-0.2, -0.15) is 0 Å². The van der Waals surface area contributed by atoms with Crippen molar-refractivity contribution >= 4 is 23.4 Å². The van der Waals surface area contributed by atoms with E-state index < -0.39 is 11.9 Å². The van der Waals surface area contributed by atoms with Crippen molar-refractivity contribution in [3.05, 3.63) is 29.8 Å². The van der Waals surface area contributed by atoms with Gasteiger partial charge in [-0.1, -0.05) is 25.1 Å². The number of amides is 3. The molecule has 0 aliphatic heterocycles. The highest BCUT2D eigenvalue weighted by molar-refractivity contribution is 5.96. The number of hydrogen-bond acceptors (Lipinski definition) is 3. The lowest BCUT2D eigenvalue weighted by molar-refractivity contribution is -0.128.